The van der Waals surface area contributed by atoms with Crippen LogP contribution in [-0.2, 0) is 5.41 Å². The Kier molecular flexibility index (Phi) is 7.29. The van der Waals surface area contributed by atoms with E-state index in [9.17, 15) is 0 Å². The summed E-state index contributed by atoms with van der Waals surface area (Å²) in [6.07, 6.45) is 9.69. The lowest BCUT2D eigenvalue weighted by Gasteiger charge is -2.36. The lowest BCUT2D eigenvalue weighted by Crippen LogP contribution is -2.32. The first kappa shape index (κ1) is 31.3. The van der Waals surface area contributed by atoms with Gasteiger partial charge >= 0.3 is 0 Å². The third kappa shape index (κ3) is 5.15. The fraction of sp³-hybridized carbons (Fsp3) is 0.100. The summed E-state index contributed by atoms with van der Waals surface area (Å²) in [5.41, 5.74) is 16.2. The van der Waals surface area contributed by atoms with E-state index in [1.807, 2.05) is 18.5 Å². The number of nitrogens with zero attached hydrogens (tertiary/aromatic N) is 3. The van der Waals surface area contributed by atoms with Crippen LogP contribution in [0.3, 0.4) is 0 Å². The number of fused-ring (bicyclic) bond motifs is 6. The molecule has 3 nitrogen and oxygen atoms in total. The number of pyridine rings is 1. The molecule has 10 rings (SSSR count). The van der Waals surface area contributed by atoms with Crippen LogP contribution < -0.4 is 4.90 Å². The van der Waals surface area contributed by atoms with Gasteiger partial charge in [0, 0.05) is 45.6 Å². The Morgan fingerprint density at radius 2 is 1.26 bits per heavy atom. The maximum absolute atomic E-state index is 4.35. The first-order valence-electron chi connectivity index (χ1n) is 18.6. The van der Waals surface area contributed by atoms with E-state index in [0.29, 0.717) is 0 Å². The Hall–Kier alpha value is -6.45. The molecule has 0 aliphatic heterocycles. The maximum atomic E-state index is 4.35. The summed E-state index contributed by atoms with van der Waals surface area (Å²) in [6, 6.07) is 57.6. The van der Waals surface area contributed by atoms with Crippen molar-refractivity contribution in [3.63, 3.8) is 0 Å². The van der Waals surface area contributed by atoms with Crippen LogP contribution in [0.25, 0.3) is 55.3 Å². The molecule has 6 aromatic carbocycles. The maximum Gasteiger partial charge on any atom is 0.0563 e. The number of hydrogen-bond donors (Lipinski definition) is 0. The molecule has 8 aromatic rings. The molecule has 0 bridgehead atoms. The second kappa shape index (κ2) is 12.4. The van der Waals surface area contributed by atoms with Gasteiger partial charge in [-0.25, -0.2) is 0 Å². The smallest absolute Gasteiger partial charge is 0.0563 e. The van der Waals surface area contributed by atoms with Crippen LogP contribution in [0.5, 0.6) is 0 Å². The SMILES string of the molecule is CC1(C)C2=CC(N(c3ccc(-c4cccnc4)cc3)c3ccc(-c4ccc5c(c4)c4ccccc4n5-c4ccccc4)cc3)CC=C2c2ccccc21. The molecule has 254 valence electrons. The highest BCUT2D eigenvalue weighted by molar-refractivity contribution is 6.10. The normalized spacial score (nSPS) is 15.8. The molecule has 2 aliphatic rings. The lowest BCUT2D eigenvalue weighted by atomic mass is 9.79. The molecule has 0 amide bonds. The Morgan fingerprint density at radius 3 is 2.02 bits per heavy atom. The zero-order chi connectivity index (χ0) is 35.5. The fourth-order valence-electron chi connectivity index (χ4n) is 8.79. The van der Waals surface area contributed by atoms with E-state index in [0.717, 1.165) is 17.5 Å². The first-order chi connectivity index (χ1) is 26.0. The van der Waals surface area contributed by atoms with Crippen molar-refractivity contribution >= 4 is 38.8 Å². The minimum atomic E-state index is -0.0525. The third-order valence-corrected chi connectivity index (χ3v) is 11.4. The minimum Gasteiger partial charge on any atom is -0.334 e. The van der Waals surface area contributed by atoms with Crippen LogP contribution in [0.2, 0.25) is 0 Å². The van der Waals surface area contributed by atoms with Gasteiger partial charge in [0.25, 0.3) is 0 Å². The number of allylic oxidation sites excluding steroid dienone is 2. The standard InChI is InChI=1S/C50H39N3/c1-50(2)46-16-8-6-14-42(46)43-28-27-41(32-47(43)50)52(40-25-20-35(21-26-40)37-11-10-30-51-33-37)39-23-18-34(19-24-39)36-22-29-49-45(31-36)44-15-7-9-17-48(44)53(49)38-12-4-3-5-13-38/h3-26,28-33,41H,27H2,1-2H3. The van der Waals surface area contributed by atoms with Gasteiger partial charge in [-0.3, -0.25) is 4.98 Å². The topological polar surface area (TPSA) is 21.1 Å². The minimum absolute atomic E-state index is 0.0525. The molecule has 0 saturated carbocycles. The predicted octanol–water partition coefficient (Wildman–Crippen LogP) is 12.7. The summed E-state index contributed by atoms with van der Waals surface area (Å²) >= 11 is 0. The molecule has 2 aliphatic carbocycles. The summed E-state index contributed by atoms with van der Waals surface area (Å²) in [5, 5.41) is 2.53. The number of para-hydroxylation sites is 2. The van der Waals surface area contributed by atoms with E-state index in [-0.39, 0.29) is 11.5 Å². The Balaban J connectivity index is 1.05. The molecule has 0 N–H and O–H groups in total. The molecule has 1 unspecified atom stereocenters. The Bertz CT molecular complexity index is 2700. The van der Waals surface area contributed by atoms with Gasteiger partial charge in [0.2, 0.25) is 0 Å². The summed E-state index contributed by atoms with van der Waals surface area (Å²) in [6.45, 7) is 4.74. The summed E-state index contributed by atoms with van der Waals surface area (Å²) in [5.74, 6) is 0. The predicted molar refractivity (Wildman–Crippen MR) is 222 cm³/mol. The number of aromatic nitrogens is 2. The number of rotatable bonds is 6. The van der Waals surface area contributed by atoms with Crippen LogP contribution in [0, 0.1) is 0 Å². The quantitative estimate of drug-likeness (QED) is 0.174. The number of anilines is 2. The van der Waals surface area contributed by atoms with Gasteiger partial charge in [-0.15, -0.1) is 0 Å². The van der Waals surface area contributed by atoms with Crippen molar-refractivity contribution in [1.82, 2.24) is 9.55 Å². The van der Waals surface area contributed by atoms with Crippen LogP contribution in [-0.4, -0.2) is 15.6 Å². The summed E-state index contributed by atoms with van der Waals surface area (Å²) in [4.78, 5) is 6.88. The second-order valence-electron chi connectivity index (χ2n) is 14.8. The van der Waals surface area contributed by atoms with E-state index in [1.165, 1.54) is 72.3 Å². The second-order valence-corrected chi connectivity index (χ2v) is 14.8. The van der Waals surface area contributed by atoms with Crippen molar-refractivity contribution in [3.8, 4) is 27.9 Å². The highest BCUT2D eigenvalue weighted by Crippen LogP contribution is 2.52. The molecule has 53 heavy (non-hydrogen) atoms. The van der Waals surface area contributed by atoms with Gasteiger partial charge in [0.1, 0.15) is 0 Å². The summed E-state index contributed by atoms with van der Waals surface area (Å²) < 4.78 is 2.37. The highest BCUT2D eigenvalue weighted by Gasteiger charge is 2.40. The number of hydrogen-bond acceptors (Lipinski definition) is 2. The van der Waals surface area contributed by atoms with Crippen LogP contribution in [0.1, 0.15) is 31.4 Å². The summed E-state index contributed by atoms with van der Waals surface area (Å²) in [7, 11) is 0. The van der Waals surface area contributed by atoms with E-state index in [4.69, 9.17) is 0 Å². The van der Waals surface area contributed by atoms with Gasteiger partial charge in [0.05, 0.1) is 17.1 Å². The van der Waals surface area contributed by atoms with Crippen molar-refractivity contribution < 1.29 is 0 Å². The molecule has 2 aromatic heterocycles. The van der Waals surface area contributed by atoms with Crippen molar-refractivity contribution in [2.45, 2.75) is 31.7 Å². The van der Waals surface area contributed by atoms with Gasteiger partial charge in [-0.05, 0) is 112 Å². The van der Waals surface area contributed by atoms with E-state index in [1.54, 1.807) is 0 Å². The first-order valence-corrected chi connectivity index (χ1v) is 18.6. The molecule has 3 heteroatoms. The lowest BCUT2D eigenvalue weighted by molar-refractivity contribution is 0.644. The molecule has 0 radical (unpaired) electrons. The van der Waals surface area contributed by atoms with Crippen molar-refractivity contribution in [2.75, 3.05) is 4.90 Å². The molecule has 1 atom stereocenters. The Labute approximate surface area is 310 Å². The zero-order valence-electron chi connectivity index (χ0n) is 29.9. The Morgan fingerprint density at radius 1 is 0.604 bits per heavy atom. The fourth-order valence-corrected chi connectivity index (χ4v) is 8.79. The molecule has 2 heterocycles. The van der Waals surface area contributed by atoms with Crippen molar-refractivity contribution in [3.05, 3.63) is 199 Å². The van der Waals surface area contributed by atoms with Crippen LogP contribution in [0.4, 0.5) is 11.4 Å². The van der Waals surface area contributed by atoms with Gasteiger partial charge < -0.3 is 9.47 Å². The van der Waals surface area contributed by atoms with Crippen LogP contribution >= 0.6 is 0 Å². The molecular formula is C50H39N3. The third-order valence-electron chi connectivity index (χ3n) is 11.4. The molecule has 0 fully saturated rings. The average Bonchev–Trinajstić information content (AvgIpc) is 3.67. The van der Waals surface area contributed by atoms with Crippen LogP contribution in [0.15, 0.2) is 188 Å². The largest absolute Gasteiger partial charge is 0.334 e. The van der Waals surface area contributed by atoms with Gasteiger partial charge in [-0.2, -0.15) is 0 Å². The van der Waals surface area contributed by atoms with Gasteiger partial charge in [0.15, 0.2) is 0 Å². The highest BCUT2D eigenvalue weighted by atomic mass is 15.2. The monoisotopic (exact) mass is 681 g/mol. The van der Waals surface area contributed by atoms with E-state index < -0.39 is 0 Å². The van der Waals surface area contributed by atoms with Gasteiger partial charge in [-0.1, -0.05) is 123 Å². The number of benzene rings is 6. The molecule has 0 saturated heterocycles. The van der Waals surface area contributed by atoms with Crippen molar-refractivity contribution in [2.24, 2.45) is 0 Å². The van der Waals surface area contributed by atoms with E-state index in [2.05, 4.69) is 192 Å². The van der Waals surface area contributed by atoms with Crippen molar-refractivity contribution in [1.29, 1.82) is 0 Å². The zero-order valence-corrected chi connectivity index (χ0v) is 29.9. The molecule has 0 spiro atoms. The molecular weight excluding hydrogens is 643 g/mol. The average molecular weight is 682 g/mol. The van der Waals surface area contributed by atoms with E-state index >= 15 is 0 Å².